The number of piperidine rings is 1. The molecule has 1 unspecified atom stereocenters. The SMILES string of the molecule is CCCC1CCN(S(=O)(=O)C(C)CNC)CC1. The third-order valence-corrected chi connectivity index (χ3v) is 5.90. The molecule has 102 valence electrons. The Morgan fingerprint density at radius 3 is 2.41 bits per heavy atom. The van der Waals surface area contributed by atoms with Crippen molar-refractivity contribution in [3.63, 3.8) is 0 Å². The molecular weight excluding hydrogens is 236 g/mol. The molecule has 1 N–H and O–H groups in total. The first-order chi connectivity index (χ1) is 8.02. The predicted molar refractivity (Wildman–Crippen MR) is 71.5 cm³/mol. The van der Waals surface area contributed by atoms with Crippen molar-refractivity contribution >= 4 is 10.0 Å². The van der Waals surface area contributed by atoms with E-state index in [1.54, 1.807) is 18.3 Å². The van der Waals surface area contributed by atoms with Crippen LogP contribution in [0.4, 0.5) is 0 Å². The van der Waals surface area contributed by atoms with E-state index < -0.39 is 10.0 Å². The molecule has 0 aromatic heterocycles. The Kier molecular flexibility index (Phi) is 5.89. The molecule has 1 saturated heterocycles. The van der Waals surface area contributed by atoms with E-state index in [-0.39, 0.29) is 5.25 Å². The number of sulfonamides is 1. The maximum absolute atomic E-state index is 12.2. The Balaban J connectivity index is 2.52. The molecule has 0 aromatic carbocycles. The van der Waals surface area contributed by atoms with E-state index in [4.69, 9.17) is 0 Å². The van der Waals surface area contributed by atoms with Crippen LogP contribution in [0.5, 0.6) is 0 Å². The van der Waals surface area contributed by atoms with Crippen LogP contribution in [-0.4, -0.2) is 44.7 Å². The molecule has 1 heterocycles. The summed E-state index contributed by atoms with van der Waals surface area (Å²) in [6, 6.07) is 0. The van der Waals surface area contributed by atoms with E-state index in [9.17, 15) is 8.42 Å². The van der Waals surface area contributed by atoms with Gasteiger partial charge in [0.1, 0.15) is 0 Å². The van der Waals surface area contributed by atoms with Crippen molar-refractivity contribution in [2.75, 3.05) is 26.7 Å². The highest BCUT2D eigenvalue weighted by Crippen LogP contribution is 2.24. The monoisotopic (exact) mass is 262 g/mol. The summed E-state index contributed by atoms with van der Waals surface area (Å²) in [4.78, 5) is 0. The highest BCUT2D eigenvalue weighted by atomic mass is 32.2. The van der Waals surface area contributed by atoms with Gasteiger partial charge in [-0.2, -0.15) is 0 Å². The summed E-state index contributed by atoms with van der Waals surface area (Å²) in [5.41, 5.74) is 0. The molecule has 1 aliphatic heterocycles. The molecule has 1 aliphatic rings. The quantitative estimate of drug-likeness (QED) is 0.788. The summed E-state index contributed by atoms with van der Waals surface area (Å²) in [6.45, 7) is 5.92. The Morgan fingerprint density at radius 2 is 1.94 bits per heavy atom. The first kappa shape index (κ1) is 14.9. The lowest BCUT2D eigenvalue weighted by atomic mass is 9.94. The van der Waals surface area contributed by atoms with Gasteiger partial charge in [0.05, 0.1) is 5.25 Å². The van der Waals surface area contributed by atoms with E-state index in [1.807, 2.05) is 0 Å². The van der Waals surface area contributed by atoms with Crippen molar-refractivity contribution in [3.8, 4) is 0 Å². The molecule has 4 nitrogen and oxygen atoms in total. The standard InChI is InChI=1S/C12H26N2O2S/c1-4-5-12-6-8-14(9-7-12)17(15,16)11(2)10-13-3/h11-13H,4-10H2,1-3H3. The van der Waals surface area contributed by atoms with Crippen molar-refractivity contribution in [1.82, 2.24) is 9.62 Å². The molecule has 0 spiro atoms. The zero-order valence-electron chi connectivity index (χ0n) is 11.3. The van der Waals surface area contributed by atoms with Gasteiger partial charge in [0.15, 0.2) is 0 Å². The third-order valence-electron chi connectivity index (χ3n) is 3.63. The topological polar surface area (TPSA) is 49.4 Å². The van der Waals surface area contributed by atoms with Crippen LogP contribution >= 0.6 is 0 Å². The van der Waals surface area contributed by atoms with Crippen LogP contribution in [0.3, 0.4) is 0 Å². The molecule has 17 heavy (non-hydrogen) atoms. The Morgan fingerprint density at radius 1 is 1.35 bits per heavy atom. The van der Waals surface area contributed by atoms with E-state index in [2.05, 4.69) is 12.2 Å². The van der Waals surface area contributed by atoms with Crippen LogP contribution in [-0.2, 0) is 10.0 Å². The summed E-state index contributed by atoms with van der Waals surface area (Å²) in [5.74, 6) is 0.728. The summed E-state index contributed by atoms with van der Waals surface area (Å²) < 4.78 is 26.1. The van der Waals surface area contributed by atoms with Gasteiger partial charge in [0.2, 0.25) is 10.0 Å². The number of rotatable bonds is 6. The van der Waals surface area contributed by atoms with E-state index in [0.29, 0.717) is 19.6 Å². The molecule has 0 amide bonds. The van der Waals surface area contributed by atoms with Crippen LogP contribution in [0.15, 0.2) is 0 Å². The largest absolute Gasteiger partial charge is 0.318 e. The van der Waals surface area contributed by atoms with Crippen LogP contribution in [0.1, 0.15) is 39.5 Å². The zero-order chi connectivity index (χ0) is 12.9. The molecule has 1 fully saturated rings. The Labute approximate surface area is 106 Å². The van der Waals surface area contributed by atoms with Gasteiger partial charge in [-0.05, 0) is 32.7 Å². The molecule has 0 saturated carbocycles. The molecule has 1 atom stereocenters. The summed E-state index contributed by atoms with van der Waals surface area (Å²) in [7, 11) is -1.30. The average molecular weight is 262 g/mol. The minimum atomic E-state index is -3.09. The number of hydrogen-bond acceptors (Lipinski definition) is 3. The fourth-order valence-electron chi connectivity index (χ4n) is 2.51. The smallest absolute Gasteiger partial charge is 0.217 e. The second kappa shape index (κ2) is 6.71. The van der Waals surface area contributed by atoms with Crippen molar-refractivity contribution < 1.29 is 8.42 Å². The first-order valence-electron chi connectivity index (χ1n) is 6.66. The summed E-state index contributed by atoms with van der Waals surface area (Å²) in [6.07, 6.45) is 4.49. The van der Waals surface area contributed by atoms with Gasteiger partial charge in [-0.1, -0.05) is 19.8 Å². The highest BCUT2D eigenvalue weighted by Gasteiger charge is 2.31. The molecule has 0 radical (unpaired) electrons. The number of nitrogens with one attached hydrogen (secondary N) is 1. The number of hydrogen-bond donors (Lipinski definition) is 1. The van der Waals surface area contributed by atoms with Crippen LogP contribution < -0.4 is 5.32 Å². The van der Waals surface area contributed by atoms with Gasteiger partial charge in [-0.15, -0.1) is 0 Å². The second-order valence-corrected chi connectivity index (χ2v) is 7.40. The Bertz CT molecular complexity index is 308. The normalized spacial score (nSPS) is 21.6. The molecule has 1 rings (SSSR count). The lowest BCUT2D eigenvalue weighted by Crippen LogP contribution is -2.45. The van der Waals surface area contributed by atoms with Gasteiger partial charge in [-0.25, -0.2) is 12.7 Å². The lowest BCUT2D eigenvalue weighted by molar-refractivity contribution is 0.260. The van der Waals surface area contributed by atoms with Crippen molar-refractivity contribution in [2.24, 2.45) is 5.92 Å². The second-order valence-electron chi connectivity index (χ2n) is 5.04. The van der Waals surface area contributed by atoms with E-state index in [1.165, 1.54) is 12.8 Å². The fraction of sp³-hybridized carbons (Fsp3) is 1.00. The van der Waals surface area contributed by atoms with Gasteiger partial charge >= 0.3 is 0 Å². The van der Waals surface area contributed by atoms with Crippen LogP contribution in [0.2, 0.25) is 0 Å². The number of nitrogens with zero attached hydrogens (tertiary/aromatic N) is 1. The van der Waals surface area contributed by atoms with Gasteiger partial charge in [0.25, 0.3) is 0 Å². The maximum atomic E-state index is 12.2. The predicted octanol–water partition coefficient (Wildman–Crippen LogP) is 1.44. The Hall–Kier alpha value is -0.130. The molecule has 5 heteroatoms. The fourth-order valence-corrected chi connectivity index (χ4v) is 4.11. The highest BCUT2D eigenvalue weighted by molar-refractivity contribution is 7.89. The van der Waals surface area contributed by atoms with Crippen LogP contribution in [0.25, 0.3) is 0 Å². The molecule has 0 aromatic rings. The van der Waals surface area contributed by atoms with Gasteiger partial charge in [-0.3, -0.25) is 0 Å². The summed E-state index contributed by atoms with van der Waals surface area (Å²) in [5, 5.41) is 2.61. The van der Waals surface area contributed by atoms with Gasteiger partial charge in [0, 0.05) is 19.6 Å². The van der Waals surface area contributed by atoms with E-state index >= 15 is 0 Å². The van der Waals surface area contributed by atoms with Crippen molar-refractivity contribution in [1.29, 1.82) is 0 Å². The van der Waals surface area contributed by atoms with Crippen molar-refractivity contribution in [3.05, 3.63) is 0 Å². The first-order valence-corrected chi connectivity index (χ1v) is 8.16. The summed E-state index contributed by atoms with van der Waals surface area (Å²) >= 11 is 0. The molecule has 0 aliphatic carbocycles. The van der Waals surface area contributed by atoms with Gasteiger partial charge < -0.3 is 5.32 Å². The lowest BCUT2D eigenvalue weighted by Gasteiger charge is -2.32. The van der Waals surface area contributed by atoms with Crippen molar-refractivity contribution in [2.45, 2.75) is 44.8 Å². The van der Waals surface area contributed by atoms with E-state index in [0.717, 1.165) is 18.8 Å². The maximum Gasteiger partial charge on any atom is 0.217 e. The third kappa shape index (κ3) is 3.93. The molecular formula is C12H26N2O2S. The van der Waals surface area contributed by atoms with Crippen LogP contribution in [0, 0.1) is 5.92 Å². The molecule has 0 bridgehead atoms. The zero-order valence-corrected chi connectivity index (χ0v) is 12.1. The minimum absolute atomic E-state index is 0.324. The minimum Gasteiger partial charge on any atom is -0.318 e. The average Bonchev–Trinajstić information content (AvgIpc) is 2.30.